The Balaban J connectivity index is 1.61. The summed E-state index contributed by atoms with van der Waals surface area (Å²) in [6.45, 7) is 7.39. The van der Waals surface area contributed by atoms with Gasteiger partial charge in [0.1, 0.15) is 6.10 Å². The normalized spacial score (nSPS) is 60.3. The second kappa shape index (κ2) is 4.12. The van der Waals surface area contributed by atoms with E-state index in [2.05, 4.69) is 20.8 Å². The van der Waals surface area contributed by atoms with Gasteiger partial charge in [-0.2, -0.15) is 0 Å². The van der Waals surface area contributed by atoms with Crippen LogP contribution < -0.4 is 0 Å². The summed E-state index contributed by atoms with van der Waals surface area (Å²) in [5.41, 5.74) is 2.61. The summed E-state index contributed by atoms with van der Waals surface area (Å²) >= 11 is 0. The molecular formula is C21H30O2. The fourth-order valence-electron chi connectivity index (χ4n) is 8.19. The molecular weight excluding hydrogens is 284 g/mol. The van der Waals surface area contributed by atoms with Gasteiger partial charge in [-0.05, 0) is 90.9 Å². The standard InChI is InChI=1S/C21H30O2/c1-12-8-14-9-16(22)17(23)11-20(14,3)15-5-7-19(2)6-4-13-10-21(13,19)18(12)15/h9,12-13,15,17-18,23H,4-8,10-11H2,1-3H3/t12-,13-,15+,17?,18-,19+,20+,21+/m1/s1. The van der Waals surface area contributed by atoms with Crippen molar-refractivity contribution in [3.8, 4) is 0 Å². The Morgan fingerprint density at radius 2 is 1.91 bits per heavy atom. The molecule has 0 aromatic rings. The van der Waals surface area contributed by atoms with Gasteiger partial charge in [0.15, 0.2) is 5.78 Å². The summed E-state index contributed by atoms with van der Waals surface area (Å²) in [5, 5.41) is 10.3. The molecule has 1 spiro atoms. The summed E-state index contributed by atoms with van der Waals surface area (Å²) in [4.78, 5) is 12.0. The maximum absolute atomic E-state index is 12.0. The molecule has 0 bridgehead atoms. The Morgan fingerprint density at radius 1 is 1.17 bits per heavy atom. The third-order valence-electron chi connectivity index (χ3n) is 9.33. The topological polar surface area (TPSA) is 37.3 Å². The molecule has 0 heterocycles. The molecule has 5 aliphatic carbocycles. The SMILES string of the molecule is C[C@@H]1CC2=CC(=O)C(O)C[C@]2(C)[C@H]2CC[C@]3(C)CC[C@@H]4C[C@@]43[C@H]12. The van der Waals surface area contributed by atoms with Gasteiger partial charge in [0.05, 0.1) is 0 Å². The predicted octanol–water partition coefficient (Wildman–Crippen LogP) is 4.13. The van der Waals surface area contributed by atoms with Crippen LogP contribution in [0.2, 0.25) is 0 Å². The number of fused-ring (bicyclic) bond motifs is 3. The molecule has 0 amide bonds. The van der Waals surface area contributed by atoms with E-state index >= 15 is 0 Å². The molecule has 2 nitrogen and oxygen atoms in total. The van der Waals surface area contributed by atoms with Crippen LogP contribution in [0.4, 0.5) is 0 Å². The van der Waals surface area contributed by atoms with Crippen molar-refractivity contribution in [2.75, 3.05) is 0 Å². The van der Waals surface area contributed by atoms with Crippen LogP contribution in [-0.4, -0.2) is 17.0 Å². The number of aliphatic hydroxyl groups excluding tert-OH is 1. The van der Waals surface area contributed by atoms with E-state index in [-0.39, 0.29) is 11.2 Å². The van der Waals surface area contributed by atoms with Crippen molar-refractivity contribution < 1.29 is 9.90 Å². The molecule has 0 aliphatic heterocycles. The largest absolute Gasteiger partial charge is 0.385 e. The van der Waals surface area contributed by atoms with Crippen LogP contribution in [0.25, 0.3) is 0 Å². The summed E-state index contributed by atoms with van der Waals surface area (Å²) in [5.74, 6) is 3.12. The van der Waals surface area contributed by atoms with Crippen LogP contribution in [-0.2, 0) is 4.79 Å². The molecule has 4 fully saturated rings. The first-order chi connectivity index (χ1) is 10.8. The van der Waals surface area contributed by atoms with Crippen LogP contribution in [0, 0.1) is 39.9 Å². The lowest BCUT2D eigenvalue weighted by Crippen LogP contribution is -2.55. The quantitative estimate of drug-likeness (QED) is 0.730. The first kappa shape index (κ1) is 14.7. The zero-order valence-corrected chi connectivity index (χ0v) is 14.8. The predicted molar refractivity (Wildman–Crippen MR) is 89.7 cm³/mol. The van der Waals surface area contributed by atoms with Crippen molar-refractivity contribution in [2.45, 2.75) is 71.8 Å². The van der Waals surface area contributed by atoms with Gasteiger partial charge >= 0.3 is 0 Å². The molecule has 8 atom stereocenters. The van der Waals surface area contributed by atoms with E-state index in [4.69, 9.17) is 0 Å². The molecule has 1 N–H and O–H groups in total. The molecule has 5 rings (SSSR count). The third kappa shape index (κ3) is 1.53. The Morgan fingerprint density at radius 3 is 2.65 bits per heavy atom. The molecule has 1 unspecified atom stereocenters. The highest BCUT2D eigenvalue weighted by atomic mass is 16.3. The average Bonchev–Trinajstić information content (AvgIpc) is 3.13. The van der Waals surface area contributed by atoms with E-state index in [0.29, 0.717) is 29.1 Å². The van der Waals surface area contributed by atoms with Crippen LogP contribution in [0.3, 0.4) is 0 Å². The van der Waals surface area contributed by atoms with Gasteiger partial charge in [0.2, 0.25) is 0 Å². The summed E-state index contributed by atoms with van der Waals surface area (Å²) < 4.78 is 0. The monoisotopic (exact) mass is 314 g/mol. The zero-order chi connectivity index (χ0) is 16.2. The van der Waals surface area contributed by atoms with E-state index in [0.717, 1.165) is 18.3 Å². The Bertz CT molecular complexity index is 621. The Hall–Kier alpha value is -0.630. The van der Waals surface area contributed by atoms with E-state index in [9.17, 15) is 9.90 Å². The van der Waals surface area contributed by atoms with Crippen molar-refractivity contribution >= 4 is 5.78 Å². The van der Waals surface area contributed by atoms with Crippen molar-refractivity contribution in [2.24, 2.45) is 39.9 Å². The number of carbonyl (C=O) groups excluding carboxylic acids is 1. The van der Waals surface area contributed by atoms with Crippen LogP contribution in [0.15, 0.2) is 11.6 Å². The van der Waals surface area contributed by atoms with E-state index in [1.807, 2.05) is 6.08 Å². The van der Waals surface area contributed by atoms with Crippen molar-refractivity contribution in [1.29, 1.82) is 0 Å². The molecule has 4 saturated carbocycles. The van der Waals surface area contributed by atoms with Gasteiger partial charge in [0.25, 0.3) is 0 Å². The van der Waals surface area contributed by atoms with Crippen molar-refractivity contribution in [1.82, 2.24) is 0 Å². The molecule has 126 valence electrons. The molecule has 0 aromatic carbocycles. The van der Waals surface area contributed by atoms with E-state index in [1.165, 1.54) is 37.7 Å². The zero-order valence-electron chi connectivity index (χ0n) is 14.8. The van der Waals surface area contributed by atoms with Gasteiger partial charge in [-0.3, -0.25) is 4.79 Å². The lowest BCUT2D eigenvalue weighted by Gasteiger charge is -2.61. The number of rotatable bonds is 0. The maximum atomic E-state index is 12.0. The van der Waals surface area contributed by atoms with Gasteiger partial charge in [-0.1, -0.05) is 26.3 Å². The third-order valence-corrected chi connectivity index (χ3v) is 9.33. The van der Waals surface area contributed by atoms with Crippen LogP contribution in [0.5, 0.6) is 0 Å². The lowest BCUT2D eigenvalue weighted by molar-refractivity contribution is -0.131. The first-order valence-corrected chi connectivity index (χ1v) is 9.75. The number of ketones is 1. The van der Waals surface area contributed by atoms with Crippen LogP contribution in [0.1, 0.15) is 65.7 Å². The highest BCUT2D eigenvalue weighted by molar-refractivity contribution is 5.95. The number of hydrogen-bond donors (Lipinski definition) is 1. The molecule has 0 aromatic heterocycles. The highest BCUT2D eigenvalue weighted by Crippen LogP contribution is 2.83. The van der Waals surface area contributed by atoms with Gasteiger partial charge in [0, 0.05) is 0 Å². The number of carbonyl (C=O) groups is 1. The Labute approximate surface area is 139 Å². The molecule has 2 heteroatoms. The van der Waals surface area contributed by atoms with Crippen molar-refractivity contribution in [3.05, 3.63) is 11.6 Å². The smallest absolute Gasteiger partial charge is 0.184 e. The summed E-state index contributed by atoms with van der Waals surface area (Å²) in [6, 6.07) is 0. The Kier molecular flexibility index (Phi) is 2.63. The van der Waals surface area contributed by atoms with Gasteiger partial charge < -0.3 is 5.11 Å². The minimum absolute atomic E-state index is 0.0490. The second-order valence-electron chi connectivity index (χ2n) is 10.1. The minimum atomic E-state index is -0.762. The average molecular weight is 314 g/mol. The van der Waals surface area contributed by atoms with Gasteiger partial charge in [-0.15, -0.1) is 0 Å². The molecule has 5 aliphatic rings. The lowest BCUT2D eigenvalue weighted by atomic mass is 9.43. The van der Waals surface area contributed by atoms with E-state index in [1.54, 1.807) is 0 Å². The van der Waals surface area contributed by atoms with E-state index < -0.39 is 6.10 Å². The molecule has 0 saturated heterocycles. The number of hydrogen-bond acceptors (Lipinski definition) is 2. The molecule has 0 radical (unpaired) electrons. The second-order valence-corrected chi connectivity index (χ2v) is 10.1. The van der Waals surface area contributed by atoms with Crippen LogP contribution >= 0.6 is 0 Å². The maximum Gasteiger partial charge on any atom is 0.184 e. The molecule has 23 heavy (non-hydrogen) atoms. The fourth-order valence-corrected chi connectivity index (χ4v) is 8.19. The highest BCUT2D eigenvalue weighted by Gasteiger charge is 2.76. The summed E-state index contributed by atoms with van der Waals surface area (Å²) in [6.07, 6.45) is 9.84. The number of aliphatic hydroxyl groups is 1. The van der Waals surface area contributed by atoms with Gasteiger partial charge in [-0.25, -0.2) is 0 Å². The minimum Gasteiger partial charge on any atom is -0.385 e. The number of allylic oxidation sites excluding steroid dienone is 1. The summed E-state index contributed by atoms with van der Waals surface area (Å²) in [7, 11) is 0. The first-order valence-electron chi connectivity index (χ1n) is 9.75. The fraction of sp³-hybridized carbons (Fsp3) is 0.857. The van der Waals surface area contributed by atoms with Crippen molar-refractivity contribution in [3.63, 3.8) is 0 Å².